The van der Waals surface area contributed by atoms with E-state index in [0.29, 0.717) is 11.6 Å². The van der Waals surface area contributed by atoms with E-state index in [0.717, 1.165) is 27.7 Å². The van der Waals surface area contributed by atoms with Crippen molar-refractivity contribution in [3.8, 4) is 0 Å². The quantitative estimate of drug-likeness (QED) is 0.844. The zero-order valence-corrected chi connectivity index (χ0v) is 12.8. The molecule has 0 heterocycles. The molecule has 0 radical (unpaired) electrons. The van der Waals surface area contributed by atoms with Gasteiger partial charge in [0.25, 0.3) is 5.91 Å². The minimum Gasteiger partial charge on any atom is -0.349 e. The Morgan fingerprint density at radius 3 is 2.76 bits per heavy atom. The van der Waals surface area contributed by atoms with Crippen LogP contribution in [0.1, 0.15) is 36.5 Å². The van der Waals surface area contributed by atoms with Gasteiger partial charge in [-0.05, 0) is 59.3 Å². The van der Waals surface area contributed by atoms with Gasteiger partial charge in [0.05, 0.1) is 5.56 Å². The molecule has 1 aromatic rings. The monoisotopic (exact) mass is 359 g/mol. The Hall–Kier alpha value is -0.350. The van der Waals surface area contributed by atoms with Crippen LogP contribution in [0.15, 0.2) is 27.1 Å². The summed E-state index contributed by atoms with van der Waals surface area (Å²) in [5.74, 6) is 0.739. The smallest absolute Gasteiger partial charge is 0.252 e. The first-order valence-corrected chi connectivity index (χ1v) is 7.41. The van der Waals surface area contributed by atoms with Gasteiger partial charge in [0.1, 0.15) is 0 Å². The van der Waals surface area contributed by atoms with Crippen LogP contribution >= 0.6 is 31.9 Å². The van der Waals surface area contributed by atoms with Crippen molar-refractivity contribution in [2.45, 2.75) is 32.2 Å². The molecule has 17 heavy (non-hydrogen) atoms. The summed E-state index contributed by atoms with van der Waals surface area (Å²) in [5.41, 5.74) is 0.693. The Morgan fingerprint density at radius 1 is 1.35 bits per heavy atom. The maximum atomic E-state index is 12.1. The standard InChI is InChI=1S/C13H15Br2NO/c1-8-2-4-10(6-8)16-13(17)11-7-9(14)3-5-12(11)15/h3,5,7-8,10H,2,4,6H2,1H3,(H,16,17). The molecule has 92 valence electrons. The SMILES string of the molecule is CC1CCC(NC(=O)c2cc(Br)ccc2Br)C1. The topological polar surface area (TPSA) is 29.1 Å². The summed E-state index contributed by atoms with van der Waals surface area (Å²) in [6.45, 7) is 2.24. The molecule has 2 unspecified atom stereocenters. The van der Waals surface area contributed by atoms with Gasteiger partial charge in [0.2, 0.25) is 0 Å². The van der Waals surface area contributed by atoms with Crippen LogP contribution in [0.5, 0.6) is 0 Å². The molecule has 0 aliphatic heterocycles. The van der Waals surface area contributed by atoms with Crippen molar-refractivity contribution in [2.24, 2.45) is 5.92 Å². The number of halogens is 2. The highest BCUT2D eigenvalue weighted by Crippen LogP contribution is 2.26. The molecule has 1 aliphatic rings. The summed E-state index contributed by atoms with van der Waals surface area (Å²) in [4.78, 5) is 12.1. The maximum Gasteiger partial charge on any atom is 0.252 e. The first kappa shape index (κ1) is 13.1. The van der Waals surface area contributed by atoms with Crippen molar-refractivity contribution in [3.05, 3.63) is 32.7 Å². The largest absolute Gasteiger partial charge is 0.349 e. The lowest BCUT2D eigenvalue weighted by atomic mass is 10.1. The van der Waals surface area contributed by atoms with E-state index in [2.05, 4.69) is 44.1 Å². The third-order valence-electron chi connectivity index (χ3n) is 3.20. The molecule has 1 amide bonds. The van der Waals surface area contributed by atoms with Crippen molar-refractivity contribution >= 4 is 37.8 Å². The zero-order chi connectivity index (χ0) is 12.4. The summed E-state index contributed by atoms with van der Waals surface area (Å²) >= 11 is 6.80. The van der Waals surface area contributed by atoms with Crippen LogP contribution in [-0.2, 0) is 0 Å². The summed E-state index contributed by atoms with van der Waals surface area (Å²) in [6.07, 6.45) is 3.40. The van der Waals surface area contributed by atoms with Gasteiger partial charge in [-0.3, -0.25) is 4.79 Å². The maximum absolute atomic E-state index is 12.1. The fraction of sp³-hybridized carbons (Fsp3) is 0.462. The van der Waals surface area contributed by atoms with Crippen LogP contribution < -0.4 is 5.32 Å². The third-order valence-corrected chi connectivity index (χ3v) is 4.39. The number of nitrogens with one attached hydrogen (secondary N) is 1. The van der Waals surface area contributed by atoms with Crippen molar-refractivity contribution in [1.29, 1.82) is 0 Å². The van der Waals surface area contributed by atoms with Gasteiger partial charge in [0, 0.05) is 15.0 Å². The molecular weight excluding hydrogens is 346 g/mol. The zero-order valence-electron chi connectivity index (χ0n) is 9.67. The molecular formula is C13H15Br2NO. The first-order valence-electron chi connectivity index (χ1n) is 5.82. The van der Waals surface area contributed by atoms with Crippen LogP contribution in [0.2, 0.25) is 0 Å². The molecule has 2 atom stereocenters. The average molecular weight is 361 g/mol. The lowest BCUT2D eigenvalue weighted by Crippen LogP contribution is -2.33. The minimum atomic E-state index is 0.0114. The summed E-state index contributed by atoms with van der Waals surface area (Å²) in [6, 6.07) is 5.98. The molecule has 4 heteroatoms. The third kappa shape index (κ3) is 3.32. The summed E-state index contributed by atoms with van der Waals surface area (Å²) in [5, 5.41) is 3.10. The fourth-order valence-electron chi connectivity index (χ4n) is 2.27. The van der Waals surface area contributed by atoms with E-state index in [1.807, 2.05) is 18.2 Å². The molecule has 0 spiro atoms. The molecule has 0 saturated heterocycles. The van der Waals surface area contributed by atoms with Crippen LogP contribution in [-0.4, -0.2) is 11.9 Å². The molecule has 2 nitrogen and oxygen atoms in total. The van der Waals surface area contributed by atoms with Gasteiger partial charge in [-0.1, -0.05) is 22.9 Å². The van der Waals surface area contributed by atoms with Crippen LogP contribution in [0, 0.1) is 5.92 Å². The van der Waals surface area contributed by atoms with E-state index in [9.17, 15) is 4.79 Å². The molecule has 1 aromatic carbocycles. The van der Waals surface area contributed by atoms with Crippen molar-refractivity contribution in [2.75, 3.05) is 0 Å². The van der Waals surface area contributed by atoms with Gasteiger partial charge < -0.3 is 5.32 Å². The molecule has 1 saturated carbocycles. The highest BCUT2D eigenvalue weighted by atomic mass is 79.9. The van der Waals surface area contributed by atoms with Gasteiger partial charge in [0.15, 0.2) is 0 Å². The lowest BCUT2D eigenvalue weighted by Gasteiger charge is -2.13. The molecule has 1 N–H and O–H groups in total. The number of carbonyl (C=O) groups is 1. The number of hydrogen-bond acceptors (Lipinski definition) is 1. The first-order chi connectivity index (χ1) is 8.06. The Bertz CT molecular complexity index is 433. The number of hydrogen-bond donors (Lipinski definition) is 1. The van der Waals surface area contributed by atoms with Gasteiger partial charge in [-0.2, -0.15) is 0 Å². The van der Waals surface area contributed by atoms with E-state index < -0.39 is 0 Å². The molecule has 0 aromatic heterocycles. The predicted octanol–water partition coefficient (Wildman–Crippen LogP) is 4.13. The second-order valence-electron chi connectivity index (χ2n) is 4.71. The fourth-order valence-corrected chi connectivity index (χ4v) is 3.06. The van der Waals surface area contributed by atoms with Gasteiger partial charge in [-0.15, -0.1) is 0 Å². The Labute approximate surface area is 118 Å². The minimum absolute atomic E-state index is 0.0114. The predicted molar refractivity (Wildman–Crippen MR) is 76.1 cm³/mol. The second-order valence-corrected chi connectivity index (χ2v) is 6.48. The number of amides is 1. The number of rotatable bonds is 2. The van der Waals surface area contributed by atoms with E-state index in [1.165, 1.54) is 6.42 Å². The Morgan fingerprint density at radius 2 is 2.12 bits per heavy atom. The second kappa shape index (κ2) is 5.53. The number of benzene rings is 1. The van der Waals surface area contributed by atoms with Gasteiger partial charge >= 0.3 is 0 Å². The highest BCUT2D eigenvalue weighted by Gasteiger charge is 2.23. The Kier molecular flexibility index (Phi) is 4.26. The molecule has 1 aliphatic carbocycles. The lowest BCUT2D eigenvalue weighted by molar-refractivity contribution is 0.0936. The van der Waals surface area contributed by atoms with E-state index in [1.54, 1.807) is 0 Å². The summed E-state index contributed by atoms with van der Waals surface area (Å²) < 4.78 is 1.76. The normalized spacial score (nSPS) is 23.7. The van der Waals surface area contributed by atoms with E-state index in [-0.39, 0.29) is 5.91 Å². The van der Waals surface area contributed by atoms with Crippen LogP contribution in [0.3, 0.4) is 0 Å². The van der Waals surface area contributed by atoms with Crippen molar-refractivity contribution in [3.63, 3.8) is 0 Å². The summed E-state index contributed by atoms with van der Waals surface area (Å²) in [7, 11) is 0. The van der Waals surface area contributed by atoms with Crippen LogP contribution in [0.4, 0.5) is 0 Å². The van der Waals surface area contributed by atoms with Gasteiger partial charge in [-0.25, -0.2) is 0 Å². The molecule has 0 bridgehead atoms. The number of carbonyl (C=O) groups excluding carboxylic acids is 1. The van der Waals surface area contributed by atoms with Crippen LogP contribution in [0.25, 0.3) is 0 Å². The van der Waals surface area contributed by atoms with E-state index >= 15 is 0 Å². The van der Waals surface area contributed by atoms with E-state index in [4.69, 9.17) is 0 Å². The molecule has 1 fully saturated rings. The molecule has 2 rings (SSSR count). The van der Waals surface area contributed by atoms with Crippen molar-refractivity contribution < 1.29 is 4.79 Å². The average Bonchev–Trinajstić information content (AvgIpc) is 2.67. The van der Waals surface area contributed by atoms with Crippen molar-refractivity contribution in [1.82, 2.24) is 5.32 Å². The Balaban J connectivity index is 2.06. The highest BCUT2D eigenvalue weighted by molar-refractivity contribution is 9.11.